The normalized spacial score (nSPS) is 15.6. The molecule has 0 N–H and O–H groups in total. The Bertz CT molecular complexity index is 300. The number of rotatable bonds is 4. The van der Waals surface area contributed by atoms with Gasteiger partial charge in [-0.2, -0.15) is 0 Å². The fourth-order valence-electron chi connectivity index (χ4n) is 1.19. The van der Waals surface area contributed by atoms with Crippen molar-refractivity contribution >= 4 is 62.1 Å². The molecule has 1 heterocycles. The van der Waals surface area contributed by atoms with Gasteiger partial charge < -0.3 is 0 Å². The van der Waals surface area contributed by atoms with Crippen LogP contribution in [0.1, 0.15) is 18.9 Å². The molecule has 0 amide bonds. The van der Waals surface area contributed by atoms with E-state index in [0.717, 1.165) is 7.96 Å². The van der Waals surface area contributed by atoms with E-state index >= 15 is 0 Å². The molecule has 0 saturated carbocycles. The van der Waals surface area contributed by atoms with E-state index in [-0.39, 0.29) is 14.2 Å². The minimum Gasteiger partial charge on any atom is -0.109 e. The van der Waals surface area contributed by atoms with E-state index in [4.69, 9.17) is 0 Å². The molecule has 1 rings (SSSR count). The summed E-state index contributed by atoms with van der Waals surface area (Å²) in [4.78, 5) is 0. The SMILES string of the molecule is CCCc1cp[p+](P)cc1P(P)PP. The Hall–Kier alpha value is 2.23. The fourth-order valence-corrected chi connectivity index (χ4v) is 10.6. The zero-order chi connectivity index (χ0) is 10.6. The van der Waals surface area contributed by atoms with Crippen molar-refractivity contribution in [3.05, 3.63) is 17.2 Å². The summed E-state index contributed by atoms with van der Waals surface area (Å²) < 4.78 is 0. The van der Waals surface area contributed by atoms with E-state index in [1.54, 1.807) is 10.9 Å². The first-order valence-corrected chi connectivity index (χ1v) is 15.7. The van der Waals surface area contributed by atoms with Crippen molar-refractivity contribution in [2.45, 2.75) is 19.8 Å². The molecule has 1 aromatic rings. The molecular weight excluding hydrogens is 301 g/mol. The lowest BCUT2D eigenvalue weighted by Gasteiger charge is -2.11. The van der Waals surface area contributed by atoms with Crippen LogP contribution in [-0.2, 0) is 6.42 Å². The topological polar surface area (TPSA) is 0 Å². The average molecular weight is 317 g/mol. The van der Waals surface area contributed by atoms with E-state index in [2.05, 4.69) is 45.3 Å². The van der Waals surface area contributed by atoms with E-state index in [1.807, 2.05) is 0 Å². The summed E-state index contributed by atoms with van der Waals surface area (Å²) in [6, 6.07) is 0. The number of aryl methyl sites for hydroxylation is 1. The quantitative estimate of drug-likeness (QED) is 0.652. The van der Waals surface area contributed by atoms with Gasteiger partial charge in [0.1, 0.15) is 5.80 Å². The molecule has 1 aromatic heterocycles. The zero-order valence-corrected chi connectivity index (χ0v) is 15.3. The summed E-state index contributed by atoms with van der Waals surface area (Å²) in [5.41, 5.74) is 1.62. The first-order chi connectivity index (χ1) is 6.69. The fraction of sp³-hybridized carbons (Fsp3) is 0.429. The molecule has 0 aromatic carbocycles. The third-order valence-corrected chi connectivity index (χ3v) is 16.5. The lowest BCUT2D eigenvalue weighted by Crippen LogP contribution is -2.01. The van der Waals surface area contributed by atoms with Gasteiger partial charge in [-0.25, -0.2) is 0 Å². The van der Waals surface area contributed by atoms with Gasteiger partial charge in [0.25, 0.3) is 0 Å². The van der Waals surface area contributed by atoms with Crippen molar-refractivity contribution in [2.75, 3.05) is 0 Å². The summed E-state index contributed by atoms with van der Waals surface area (Å²) in [6.07, 6.45) is 2.52. The summed E-state index contributed by atoms with van der Waals surface area (Å²) in [6.45, 7) is 2.31. The molecule has 0 aliphatic rings. The van der Waals surface area contributed by atoms with E-state index < -0.39 is 0 Å². The maximum absolute atomic E-state index is 3.04. The van der Waals surface area contributed by atoms with Gasteiger partial charge in [0.05, 0.1) is 8.93 Å². The minimum absolute atomic E-state index is 0.0247. The molecule has 0 aliphatic carbocycles. The van der Waals surface area contributed by atoms with Gasteiger partial charge in [0.2, 0.25) is 0 Å². The molecule has 14 heavy (non-hydrogen) atoms. The summed E-state index contributed by atoms with van der Waals surface area (Å²) in [5.74, 6) is 4.96. The standard InChI is InChI=1S/C7H16P7/c1-2-3-6-4-11-13(9)5-7(6)14(10)12-8/h4-5,12H,2-3,8-10H2,1H3/q+1. The molecular formula is C7H16P7+. The Labute approximate surface area is 99.0 Å². The second-order valence-electron chi connectivity index (χ2n) is 2.91. The lowest BCUT2D eigenvalue weighted by atomic mass is 10.2. The van der Waals surface area contributed by atoms with Gasteiger partial charge in [-0.3, -0.25) is 0 Å². The Kier molecular flexibility index (Phi) is 7.69. The van der Waals surface area contributed by atoms with E-state index in [0.29, 0.717) is 0 Å². The predicted octanol–water partition coefficient (Wildman–Crippen LogP) is 5.41. The molecule has 0 radical (unpaired) electrons. The van der Waals surface area contributed by atoms with Crippen LogP contribution in [0.25, 0.3) is 0 Å². The summed E-state index contributed by atoms with van der Waals surface area (Å²) >= 11 is 0. The smallest absolute Gasteiger partial charge is 0.109 e. The molecule has 7 heteroatoms. The third kappa shape index (κ3) is 4.24. The van der Waals surface area contributed by atoms with Gasteiger partial charge in [0.15, 0.2) is 14.8 Å². The first-order valence-electron chi connectivity index (χ1n) is 4.36. The maximum atomic E-state index is 3.04. The molecule has 0 fully saturated rings. The highest BCUT2D eigenvalue weighted by molar-refractivity contribution is 8.63. The monoisotopic (exact) mass is 317 g/mol. The maximum Gasteiger partial charge on any atom is 0.162 e. The van der Waals surface area contributed by atoms with Crippen LogP contribution in [0.2, 0.25) is 0 Å². The highest BCUT2D eigenvalue weighted by Crippen LogP contribution is 2.66. The van der Waals surface area contributed by atoms with Crippen LogP contribution < -0.4 is 5.30 Å². The average Bonchev–Trinajstić information content (AvgIpc) is 2.20. The Morgan fingerprint density at radius 1 is 1.64 bits per heavy atom. The van der Waals surface area contributed by atoms with Crippen molar-refractivity contribution in [3.8, 4) is 0 Å². The Balaban J connectivity index is 3.02. The largest absolute Gasteiger partial charge is 0.162 e. The van der Waals surface area contributed by atoms with Crippen LogP contribution in [0, 0.1) is 0 Å². The number of hydrogen-bond acceptors (Lipinski definition) is 0. The first kappa shape index (κ1) is 14.3. The summed E-state index contributed by atoms with van der Waals surface area (Å²) in [5, 5.41) is 1.65. The second kappa shape index (κ2) is 7.54. The van der Waals surface area contributed by atoms with E-state index in [9.17, 15) is 0 Å². The Morgan fingerprint density at radius 3 is 2.93 bits per heavy atom. The molecule has 0 spiro atoms. The van der Waals surface area contributed by atoms with Crippen LogP contribution in [0.15, 0.2) is 11.6 Å². The third-order valence-electron chi connectivity index (χ3n) is 1.85. The minimum atomic E-state index is 0.0247. The molecule has 0 nitrogen and oxygen atoms in total. The Morgan fingerprint density at radius 2 is 2.36 bits per heavy atom. The molecule has 0 bridgehead atoms. The van der Waals surface area contributed by atoms with Crippen molar-refractivity contribution in [2.24, 2.45) is 0 Å². The van der Waals surface area contributed by atoms with Crippen LogP contribution in [0.5, 0.6) is 0 Å². The molecule has 0 aliphatic heterocycles. The van der Waals surface area contributed by atoms with Crippen LogP contribution in [0.3, 0.4) is 0 Å². The number of hydrogen-bond donors (Lipinski definition) is 0. The van der Waals surface area contributed by atoms with Gasteiger partial charge in [-0.15, -0.1) is 17.9 Å². The van der Waals surface area contributed by atoms with Crippen LogP contribution in [-0.4, -0.2) is 0 Å². The van der Waals surface area contributed by atoms with Crippen molar-refractivity contribution in [1.29, 1.82) is 0 Å². The molecule has 0 saturated heterocycles. The molecule has 6 unspecified atom stereocenters. The van der Waals surface area contributed by atoms with Gasteiger partial charge >= 0.3 is 0 Å². The van der Waals surface area contributed by atoms with Crippen LogP contribution in [0.4, 0.5) is 0 Å². The van der Waals surface area contributed by atoms with E-state index in [1.165, 1.54) is 20.7 Å². The van der Waals surface area contributed by atoms with Crippen molar-refractivity contribution in [3.63, 3.8) is 0 Å². The van der Waals surface area contributed by atoms with Crippen LogP contribution >= 0.6 is 56.8 Å². The lowest BCUT2D eigenvalue weighted by molar-refractivity contribution is 0.931. The molecule has 6 atom stereocenters. The van der Waals surface area contributed by atoms with Gasteiger partial charge in [-0.05, 0) is 19.3 Å². The predicted molar refractivity (Wildman–Crippen MR) is 89.5 cm³/mol. The summed E-state index contributed by atoms with van der Waals surface area (Å²) in [7, 11) is 11.4. The van der Waals surface area contributed by atoms with Crippen molar-refractivity contribution < 1.29 is 0 Å². The molecule has 78 valence electrons. The second-order valence-corrected chi connectivity index (χ2v) is 18.6. The highest BCUT2D eigenvalue weighted by Gasteiger charge is 2.13. The zero-order valence-electron chi connectivity index (χ0n) is 8.14. The van der Waals surface area contributed by atoms with Crippen molar-refractivity contribution in [1.82, 2.24) is 0 Å². The van der Waals surface area contributed by atoms with Gasteiger partial charge in [-0.1, -0.05) is 21.3 Å². The van der Waals surface area contributed by atoms with Gasteiger partial charge in [0, 0.05) is 11.1 Å². The highest BCUT2D eigenvalue weighted by atomic mass is 32.6.